The molecule has 3 heterocycles. The maximum Gasteiger partial charge on any atom is 0.274 e. The van der Waals surface area contributed by atoms with E-state index in [9.17, 15) is 8.78 Å². The second-order valence-corrected chi connectivity index (χ2v) is 4.41. The fraction of sp³-hybridized carbons (Fsp3) is 0.231. The van der Waals surface area contributed by atoms with Crippen molar-refractivity contribution >= 4 is 5.65 Å². The molecule has 0 amide bonds. The van der Waals surface area contributed by atoms with Crippen LogP contribution in [0.4, 0.5) is 8.78 Å². The smallest absolute Gasteiger partial charge is 0.274 e. The molecule has 3 rings (SSSR count). The lowest BCUT2D eigenvalue weighted by Gasteiger charge is -2.12. The quantitative estimate of drug-likeness (QED) is 0.737. The van der Waals surface area contributed by atoms with E-state index in [2.05, 4.69) is 20.2 Å². The van der Waals surface area contributed by atoms with Crippen molar-refractivity contribution in [2.75, 3.05) is 0 Å². The van der Waals surface area contributed by atoms with Crippen molar-refractivity contribution in [1.82, 2.24) is 24.6 Å². The van der Waals surface area contributed by atoms with Crippen molar-refractivity contribution < 1.29 is 13.5 Å². The Bertz CT molecular complexity index is 744. The van der Waals surface area contributed by atoms with E-state index in [1.807, 2.05) is 0 Å². The molecule has 1 atom stereocenters. The molecule has 21 heavy (non-hydrogen) atoms. The number of pyridine rings is 1. The highest BCUT2D eigenvalue weighted by Crippen LogP contribution is 2.19. The largest absolute Gasteiger partial charge is 0.469 e. The lowest BCUT2D eigenvalue weighted by Crippen LogP contribution is -2.21. The second kappa shape index (κ2) is 5.39. The number of alkyl halides is 2. The van der Waals surface area contributed by atoms with Gasteiger partial charge >= 0.3 is 0 Å². The molecular weight excluding hydrogens is 280 g/mol. The maximum atomic E-state index is 12.4. The van der Waals surface area contributed by atoms with Gasteiger partial charge in [-0.05, 0) is 13.0 Å². The van der Waals surface area contributed by atoms with Gasteiger partial charge in [0.25, 0.3) is 6.43 Å². The summed E-state index contributed by atoms with van der Waals surface area (Å²) in [5, 5.41) is 7.63. The van der Waals surface area contributed by atoms with Gasteiger partial charge in [-0.2, -0.15) is 0 Å². The van der Waals surface area contributed by atoms with Gasteiger partial charge in [0.05, 0.1) is 11.9 Å². The van der Waals surface area contributed by atoms with Gasteiger partial charge in [-0.15, -0.1) is 10.2 Å². The molecule has 0 aromatic carbocycles. The number of nitrogens with zero attached hydrogens (tertiary/aromatic N) is 5. The summed E-state index contributed by atoms with van der Waals surface area (Å²) in [5.41, 5.74) is 2.04. The van der Waals surface area contributed by atoms with Gasteiger partial charge in [0.1, 0.15) is 6.33 Å². The van der Waals surface area contributed by atoms with Gasteiger partial charge in [-0.3, -0.25) is 9.38 Å². The van der Waals surface area contributed by atoms with Crippen molar-refractivity contribution in [3.05, 3.63) is 37.1 Å². The fourth-order valence-corrected chi connectivity index (χ4v) is 1.73. The molecule has 0 spiro atoms. The number of halogens is 2. The molecule has 108 valence electrons. The molecule has 3 aromatic heterocycles. The van der Waals surface area contributed by atoms with E-state index in [1.165, 1.54) is 19.2 Å². The van der Waals surface area contributed by atoms with Crippen LogP contribution in [0.2, 0.25) is 0 Å². The van der Waals surface area contributed by atoms with Crippen LogP contribution >= 0.6 is 0 Å². The molecule has 8 heteroatoms. The van der Waals surface area contributed by atoms with E-state index >= 15 is 0 Å². The van der Waals surface area contributed by atoms with Crippen molar-refractivity contribution in [3.63, 3.8) is 0 Å². The molecule has 0 aliphatic carbocycles. The summed E-state index contributed by atoms with van der Waals surface area (Å²) in [6.45, 7) is 1.29. The number of hydrogen-bond acceptors (Lipinski definition) is 5. The third-order valence-corrected chi connectivity index (χ3v) is 2.87. The maximum absolute atomic E-state index is 12.4. The first-order chi connectivity index (χ1) is 10.1. The monoisotopic (exact) mass is 291 g/mol. The van der Waals surface area contributed by atoms with Gasteiger partial charge in [0, 0.05) is 24.0 Å². The minimum Gasteiger partial charge on any atom is -0.469 e. The number of hydrogen-bond donors (Lipinski definition) is 0. The molecule has 0 N–H and O–H groups in total. The first-order valence-corrected chi connectivity index (χ1v) is 6.20. The van der Waals surface area contributed by atoms with Crippen LogP contribution in [0.15, 0.2) is 37.1 Å². The predicted octanol–water partition coefficient (Wildman–Crippen LogP) is 2.22. The molecule has 0 aliphatic heterocycles. The number of ether oxygens (including phenoxy) is 1. The van der Waals surface area contributed by atoms with Gasteiger partial charge < -0.3 is 4.74 Å². The summed E-state index contributed by atoms with van der Waals surface area (Å²) >= 11 is 0. The second-order valence-electron chi connectivity index (χ2n) is 4.41. The van der Waals surface area contributed by atoms with Gasteiger partial charge in [-0.25, -0.2) is 13.8 Å². The van der Waals surface area contributed by atoms with E-state index < -0.39 is 12.5 Å². The Morgan fingerprint density at radius 2 is 2.05 bits per heavy atom. The third-order valence-electron chi connectivity index (χ3n) is 2.87. The van der Waals surface area contributed by atoms with Crippen molar-refractivity contribution in [1.29, 1.82) is 0 Å². The normalized spacial score (nSPS) is 12.8. The minimum atomic E-state index is -2.55. The van der Waals surface area contributed by atoms with Crippen LogP contribution in [0.25, 0.3) is 16.9 Å². The fourth-order valence-electron chi connectivity index (χ4n) is 1.73. The number of rotatable bonds is 4. The molecule has 0 fully saturated rings. The van der Waals surface area contributed by atoms with E-state index in [0.717, 1.165) is 5.56 Å². The molecule has 0 saturated heterocycles. The van der Waals surface area contributed by atoms with Gasteiger partial charge in [0.15, 0.2) is 11.8 Å². The van der Waals surface area contributed by atoms with Crippen LogP contribution in [0.1, 0.15) is 6.92 Å². The lowest BCUT2D eigenvalue weighted by molar-refractivity contribution is 0.0201. The summed E-state index contributed by atoms with van der Waals surface area (Å²) in [4.78, 5) is 8.25. The standard InChI is InChI=1S/C13H11F2N5O/c1-8(13(14)15)21-12-3-2-9(4-17-12)10-6-20-7-18-19-11(20)5-16-10/h2-8,13H,1H3/t8-/m1/s1. The molecular formula is C13H11F2N5O. The summed E-state index contributed by atoms with van der Waals surface area (Å²) in [5.74, 6) is 0.150. The Kier molecular flexibility index (Phi) is 3.43. The van der Waals surface area contributed by atoms with Crippen molar-refractivity contribution in [2.45, 2.75) is 19.5 Å². The van der Waals surface area contributed by atoms with Crippen LogP contribution in [0.5, 0.6) is 5.88 Å². The lowest BCUT2D eigenvalue weighted by atomic mass is 10.2. The van der Waals surface area contributed by atoms with Crippen LogP contribution in [-0.2, 0) is 0 Å². The minimum absolute atomic E-state index is 0.150. The van der Waals surface area contributed by atoms with Crippen LogP contribution in [0, 0.1) is 0 Å². The average molecular weight is 291 g/mol. The van der Waals surface area contributed by atoms with Gasteiger partial charge in [-0.1, -0.05) is 0 Å². The molecule has 0 aliphatic rings. The van der Waals surface area contributed by atoms with E-state index in [0.29, 0.717) is 11.3 Å². The van der Waals surface area contributed by atoms with Gasteiger partial charge in [0.2, 0.25) is 5.88 Å². The highest BCUT2D eigenvalue weighted by atomic mass is 19.3. The molecule has 0 saturated carbocycles. The molecule has 3 aromatic rings. The zero-order valence-electron chi connectivity index (χ0n) is 11.0. The number of aromatic nitrogens is 5. The highest BCUT2D eigenvalue weighted by Gasteiger charge is 2.16. The SMILES string of the molecule is C[C@@H](Oc1ccc(-c2cn3cnnc3cn2)cn1)C(F)F. The molecule has 0 radical (unpaired) electrons. The Morgan fingerprint density at radius 1 is 1.19 bits per heavy atom. The highest BCUT2D eigenvalue weighted by molar-refractivity contribution is 5.58. The summed E-state index contributed by atoms with van der Waals surface area (Å²) in [7, 11) is 0. The van der Waals surface area contributed by atoms with E-state index in [1.54, 1.807) is 29.2 Å². The third kappa shape index (κ3) is 2.78. The summed E-state index contributed by atoms with van der Waals surface area (Å²) in [6, 6.07) is 3.24. The Morgan fingerprint density at radius 3 is 2.76 bits per heavy atom. The first kappa shape index (κ1) is 13.3. The van der Waals surface area contributed by atoms with E-state index in [4.69, 9.17) is 4.74 Å². The van der Waals surface area contributed by atoms with Crippen LogP contribution in [0.3, 0.4) is 0 Å². The Balaban J connectivity index is 1.83. The van der Waals surface area contributed by atoms with Crippen LogP contribution < -0.4 is 4.74 Å². The summed E-state index contributed by atoms with van der Waals surface area (Å²) < 4.78 is 31.5. The first-order valence-electron chi connectivity index (χ1n) is 6.20. The molecule has 0 unspecified atom stereocenters. The Hall–Kier alpha value is -2.64. The zero-order valence-corrected chi connectivity index (χ0v) is 11.0. The summed E-state index contributed by atoms with van der Waals surface area (Å²) in [6.07, 6.45) is 2.68. The predicted molar refractivity (Wildman–Crippen MR) is 70.1 cm³/mol. The van der Waals surface area contributed by atoms with Crippen molar-refractivity contribution in [3.8, 4) is 17.1 Å². The van der Waals surface area contributed by atoms with E-state index in [-0.39, 0.29) is 5.88 Å². The van der Waals surface area contributed by atoms with Crippen LogP contribution in [-0.4, -0.2) is 37.1 Å². The average Bonchev–Trinajstić information content (AvgIpc) is 2.95. The molecule has 0 bridgehead atoms. The topological polar surface area (TPSA) is 65.2 Å². The zero-order chi connectivity index (χ0) is 14.8. The Labute approximate surface area is 118 Å². The number of fused-ring (bicyclic) bond motifs is 1. The molecule has 6 nitrogen and oxygen atoms in total. The van der Waals surface area contributed by atoms with Crippen molar-refractivity contribution in [2.24, 2.45) is 0 Å².